The van der Waals surface area contributed by atoms with Gasteiger partial charge in [0.2, 0.25) is 0 Å². The Balaban J connectivity index is 2.08. The Bertz CT molecular complexity index is 619. The molecule has 0 radical (unpaired) electrons. The topological polar surface area (TPSA) is 79.8 Å². The zero-order valence-corrected chi connectivity index (χ0v) is 13.1. The zero-order chi connectivity index (χ0) is 15.4. The number of anilines is 1. The van der Waals surface area contributed by atoms with E-state index in [2.05, 4.69) is 15.6 Å². The number of methoxy groups -OCH3 is 1. The second-order valence-electron chi connectivity index (χ2n) is 4.25. The molecule has 1 aliphatic heterocycles. The highest BCUT2D eigenvalue weighted by molar-refractivity contribution is 8.14. The van der Waals surface area contributed by atoms with Crippen molar-refractivity contribution >= 4 is 46.0 Å². The van der Waals surface area contributed by atoms with Crippen molar-refractivity contribution in [3.63, 3.8) is 0 Å². The minimum Gasteiger partial charge on any atom is -0.495 e. The molecule has 112 valence electrons. The molecule has 1 heterocycles. The lowest BCUT2D eigenvalue weighted by Gasteiger charge is -2.12. The van der Waals surface area contributed by atoms with E-state index in [-0.39, 0.29) is 0 Å². The predicted octanol–water partition coefficient (Wildman–Crippen LogP) is 1.81. The molecule has 0 unspecified atom stereocenters. The SMILES string of the molecule is COc1cc(Cl)c(C)cc1NC(=O)C(=O)NC1=NCCS1. The van der Waals surface area contributed by atoms with E-state index in [0.717, 1.165) is 11.3 Å². The van der Waals surface area contributed by atoms with Crippen LogP contribution >= 0.6 is 23.4 Å². The number of carbonyl (C=O) groups excluding carboxylic acids is 2. The van der Waals surface area contributed by atoms with E-state index in [0.29, 0.717) is 28.2 Å². The number of benzene rings is 1. The number of nitrogens with one attached hydrogen (secondary N) is 2. The molecule has 2 N–H and O–H groups in total. The largest absolute Gasteiger partial charge is 0.495 e. The van der Waals surface area contributed by atoms with Gasteiger partial charge in [-0.15, -0.1) is 0 Å². The molecule has 2 amide bonds. The Morgan fingerprint density at radius 2 is 2.05 bits per heavy atom. The maximum Gasteiger partial charge on any atom is 0.315 e. The average Bonchev–Trinajstić information content (AvgIpc) is 2.95. The molecule has 21 heavy (non-hydrogen) atoms. The number of rotatable bonds is 2. The molecule has 0 fully saturated rings. The highest BCUT2D eigenvalue weighted by Crippen LogP contribution is 2.30. The van der Waals surface area contributed by atoms with E-state index in [9.17, 15) is 9.59 Å². The Morgan fingerprint density at radius 1 is 1.33 bits per heavy atom. The minimum absolute atomic E-state index is 0.388. The standard InChI is InChI=1S/C13H14ClN3O3S/c1-7-5-9(10(20-2)6-8(7)14)16-11(18)12(19)17-13-15-3-4-21-13/h5-6H,3-4H2,1-2H3,(H,16,18)(H,15,17,19). The third kappa shape index (κ3) is 3.89. The quantitative estimate of drug-likeness (QED) is 0.812. The number of amidine groups is 1. The maximum atomic E-state index is 11.9. The molecule has 6 nitrogen and oxygen atoms in total. The number of thioether (sulfide) groups is 1. The van der Waals surface area contributed by atoms with Crippen molar-refractivity contribution in [2.45, 2.75) is 6.92 Å². The number of hydrogen-bond acceptors (Lipinski definition) is 5. The van der Waals surface area contributed by atoms with E-state index in [4.69, 9.17) is 16.3 Å². The van der Waals surface area contributed by atoms with Gasteiger partial charge in [-0.2, -0.15) is 0 Å². The van der Waals surface area contributed by atoms with Crippen LogP contribution < -0.4 is 15.4 Å². The fourth-order valence-electron chi connectivity index (χ4n) is 1.67. The molecular formula is C13H14ClN3O3S. The first kappa shape index (κ1) is 15.7. The van der Waals surface area contributed by atoms with Crippen LogP contribution in [-0.2, 0) is 9.59 Å². The summed E-state index contributed by atoms with van der Waals surface area (Å²) in [5, 5.41) is 5.95. The van der Waals surface area contributed by atoms with Crippen LogP contribution in [-0.4, -0.2) is 36.4 Å². The Morgan fingerprint density at radius 3 is 2.67 bits per heavy atom. The van der Waals surface area contributed by atoms with Crippen LogP contribution in [0.25, 0.3) is 0 Å². The van der Waals surface area contributed by atoms with E-state index in [1.54, 1.807) is 19.1 Å². The van der Waals surface area contributed by atoms with Crippen molar-refractivity contribution in [3.05, 3.63) is 22.7 Å². The minimum atomic E-state index is -0.787. The number of amides is 2. The molecule has 0 bridgehead atoms. The van der Waals surface area contributed by atoms with Gasteiger partial charge in [0.15, 0.2) is 5.17 Å². The number of halogens is 1. The number of carbonyl (C=O) groups is 2. The molecule has 1 aromatic carbocycles. The van der Waals surface area contributed by atoms with Gasteiger partial charge in [-0.3, -0.25) is 19.9 Å². The predicted molar refractivity (Wildman–Crippen MR) is 84.3 cm³/mol. The van der Waals surface area contributed by atoms with Gasteiger partial charge in [-0.05, 0) is 18.6 Å². The molecule has 0 saturated carbocycles. The zero-order valence-electron chi connectivity index (χ0n) is 11.5. The van der Waals surface area contributed by atoms with E-state index >= 15 is 0 Å². The molecule has 0 aromatic heterocycles. The molecule has 0 saturated heterocycles. The number of aryl methyl sites for hydroxylation is 1. The third-order valence-corrected chi connectivity index (χ3v) is 4.04. The number of hydrogen-bond donors (Lipinski definition) is 2. The number of nitrogens with zero attached hydrogens (tertiary/aromatic N) is 1. The molecule has 2 rings (SSSR count). The third-order valence-electron chi connectivity index (χ3n) is 2.74. The van der Waals surface area contributed by atoms with E-state index < -0.39 is 11.8 Å². The van der Waals surface area contributed by atoms with Gasteiger partial charge in [-0.25, -0.2) is 0 Å². The van der Waals surface area contributed by atoms with Crippen LogP contribution in [0.15, 0.2) is 17.1 Å². The second-order valence-corrected chi connectivity index (χ2v) is 5.74. The summed E-state index contributed by atoms with van der Waals surface area (Å²) in [5.41, 5.74) is 1.16. The summed E-state index contributed by atoms with van der Waals surface area (Å²) in [4.78, 5) is 27.7. The molecule has 1 aliphatic rings. The highest BCUT2D eigenvalue weighted by Gasteiger charge is 2.19. The average molecular weight is 328 g/mol. The number of ether oxygens (including phenoxy) is 1. The normalized spacial score (nSPS) is 13.6. The second kappa shape index (κ2) is 6.82. The van der Waals surface area contributed by atoms with Crippen LogP contribution in [0.1, 0.15) is 5.56 Å². The Kier molecular flexibility index (Phi) is 5.08. The van der Waals surface area contributed by atoms with Crippen molar-refractivity contribution in [2.24, 2.45) is 4.99 Å². The summed E-state index contributed by atoms with van der Waals surface area (Å²) in [6.45, 7) is 2.44. The van der Waals surface area contributed by atoms with Crippen LogP contribution in [0, 0.1) is 6.92 Å². The summed E-state index contributed by atoms with van der Waals surface area (Å²) < 4.78 is 5.14. The Hall–Kier alpha value is -1.73. The molecule has 0 aliphatic carbocycles. The van der Waals surface area contributed by atoms with Gasteiger partial charge in [0.1, 0.15) is 5.75 Å². The summed E-state index contributed by atoms with van der Waals surface area (Å²) in [6, 6.07) is 3.23. The molecule has 8 heteroatoms. The molecule has 1 aromatic rings. The van der Waals surface area contributed by atoms with Crippen LogP contribution in [0.4, 0.5) is 5.69 Å². The van der Waals surface area contributed by atoms with Crippen molar-refractivity contribution < 1.29 is 14.3 Å². The van der Waals surface area contributed by atoms with Gasteiger partial charge in [-0.1, -0.05) is 23.4 Å². The van der Waals surface area contributed by atoms with E-state index in [1.807, 2.05) is 0 Å². The van der Waals surface area contributed by atoms with Crippen molar-refractivity contribution in [1.29, 1.82) is 0 Å². The first-order valence-electron chi connectivity index (χ1n) is 6.15. The highest BCUT2D eigenvalue weighted by atomic mass is 35.5. The summed E-state index contributed by atoms with van der Waals surface area (Å²) in [7, 11) is 1.46. The fraction of sp³-hybridized carbons (Fsp3) is 0.308. The first-order valence-corrected chi connectivity index (χ1v) is 7.51. The maximum absolute atomic E-state index is 11.9. The Labute approximate surface area is 131 Å². The van der Waals surface area contributed by atoms with Gasteiger partial charge < -0.3 is 10.1 Å². The van der Waals surface area contributed by atoms with Crippen molar-refractivity contribution in [1.82, 2.24) is 5.32 Å². The van der Waals surface area contributed by atoms with Gasteiger partial charge in [0.25, 0.3) is 0 Å². The van der Waals surface area contributed by atoms with Gasteiger partial charge in [0, 0.05) is 16.8 Å². The van der Waals surface area contributed by atoms with Gasteiger partial charge >= 0.3 is 11.8 Å². The monoisotopic (exact) mass is 327 g/mol. The lowest BCUT2D eigenvalue weighted by atomic mass is 10.2. The van der Waals surface area contributed by atoms with Crippen LogP contribution in [0.3, 0.4) is 0 Å². The number of aliphatic imine (C=N–C) groups is 1. The first-order chi connectivity index (χ1) is 10.0. The fourth-order valence-corrected chi connectivity index (χ4v) is 2.55. The molecule has 0 spiro atoms. The van der Waals surface area contributed by atoms with Crippen molar-refractivity contribution in [3.8, 4) is 5.75 Å². The molecule has 0 atom stereocenters. The van der Waals surface area contributed by atoms with Gasteiger partial charge in [0.05, 0.1) is 19.3 Å². The summed E-state index contributed by atoms with van der Waals surface area (Å²) in [5.74, 6) is -0.358. The van der Waals surface area contributed by atoms with Crippen LogP contribution in [0.2, 0.25) is 5.02 Å². The molecular weight excluding hydrogens is 314 g/mol. The van der Waals surface area contributed by atoms with Crippen molar-refractivity contribution in [2.75, 3.05) is 24.7 Å². The summed E-state index contributed by atoms with van der Waals surface area (Å²) in [6.07, 6.45) is 0. The smallest absolute Gasteiger partial charge is 0.315 e. The van der Waals surface area contributed by atoms with Crippen LogP contribution in [0.5, 0.6) is 5.75 Å². The van der Waals surface area contributed by atoms with E-state index in [1.165, 1.54) is 18.9 Å². The summed E-state index contributed by atoms with van der Waals surface area (Å²) >= 11 is 7.39. The lowest BCUT2D eigenvalue weighted by Crippen LogP contribution is -2.37. The lowest BCUT2D eigenvalue weighted by molar-refractivity contribution is -0.135.